The fourth-order valence-corrected chi connectivity index (χ4v) is 0.978. The van der Waals surface area contributed by atoms with Gasteiger partial charge in [0.15, 0.2) is 0 Å². The maximum Gasteiger partial charge on any atom is 0.412 e. The first-order valence-corrected chi connectivity index (χ1v) is 4.83. The Morgan fingerprint density at radius 3 is 2.81 bits per heavy atom. The lowest BCUT2D eigenvalue weighted by Crippen LogP contribution is -2.27. The maximum absolute atomic E-state index is 11.4. The molecular weight excluding hydrogens is 210 g/mol. The summed E-state index contributed by atoms with van der Waals surface area (Å²) in [5.74, 6) is 0. The van der Waals surface area contributed by atoms with Crippen LogP contribution in [0.1, 0.15) is 26.5 Å². The summed E-state index contributed by atoms with van der Waals surface area (Å²) in [6.07, 6.45) is 0.813. The largest absolute Gasteiger partial charge is 0.444 e. The standard InChI is InChI=1S/C10H15N3O3/c1-10(2,3)16-9(15)12-7-4-8(6-14)13-11-5-7/h4-5,14H,6H2,1-3H3,(H,12,13,15). The monoisotopic (exact) mass is 225 g/mol. The number of hydrogen-bond acceptors (Lipinski definition) is 5. The van der Waals surface area contributed by atoms with Crippen LogP contribution in [-0.4, -0.2) is 27.0 Å². The summed E-state index contributed by atoms with van der Waals surface area (Å²) in [5, 5.41) is 18.6. The van der Waals surface area contributed by atoms with E-state index in [-0.39, 0.29) is 6.61 Å². The van der Waals surface area contributed by atoms with Gasteiger partial charge in [-0.1, -0.05) is 0 Å². The molecule has 0 aliphatic heterocycles. The molecule has 16 heavy (non-hydrogen) atoms. The van der Waals surface area contributed by atoms with Crippen LogP contribution >= 0.6 is 0 Å². The highest BCUT2D eigenvalue weighted by atomic mass is 16.6. The van der Waals surface area contributed by atoms with Crippen molar-refractivity contribution >= 4 is 11.8 Å². The van der Waals surface area contributed by atoms with Gasteiger partial charge in [-0.15, -0.1) is 0 Å². The zero-order valence-electron chi connectivity index (χ0n) is 9.52. The third-order valence-corrected chi connectivity index (χ3v) is 1.51. The van der Waals surface area contributed by atoms with Crippen molar-refractivity contribution in [3.05, 3.63) is 18.0 Å². The number of carbonyl (C=O) groups is 1. The number of nitrogens with one attached hydrogen (secondary N) is 1. The minimum Gasteiger partial charge on any atom is -0.444 e. The second kappa shape index (κ2) is 4.89. The van der Waals surface area contributed by atoms with Gasteiger partial charge in [0.1, 0.15) is 5.60 Å². The maximum atomic E-state index is 11.4. The number of aromatic nitrogens is 2. The highest BCUT2D eigenvalue weighted by molar-refractivity contribution is 5.84. The molecular formula is C10H15N3O3. The van der Waals surface area contributed by atoms with Crippen molar-refractivity contribution in [2.24, 2.45) is 0 Å². The van der Waals surface area contributed by atoms with Crippen LogP contribution in [0, 0.1) is 0 Å². The molecule has 0 unspecified atom stereocenters. The number of nitrogens with zero attached hydrogens (tertiary/aromatic N) is 2. The van der Waals surface area contributed by atoms with Gasteiger partial charge in [-0.2, -0.15) is 10.2 Å². The minimum absolute atomic E-state index is 0.225. The zero-order valence-corrected chi connectivity index (χ0v) is 9.52. The van der Waals surface area contributed by atoms with Crippen molar-refractivity contribution in [1.29, 1.82) is 0 Å². The van der Waals surface area contributed by atoms with E-state index in [0.29, 0.717) is 11.4 Å². The normalized spacial score (nSPS) is 11.0. The lowest BCUT2D eigenvalue weighted by Gasteiger charge is -2.19. The predicted molar refractivity (Wildman–Crippen MR) is 57.8 cm³/mol. The highest BCUT2D eigenvalue weighted by Gasteiger charge is 2.16. The molecule has 0 saturated carbocycles. The van der Waals surface area contributed by atoms with E-state index in [2.05, 4.69) is 15.5 Å². The second-order valence-corrected chi connectivity index (χ2v) is 4.22. The molecule has 0 bridgehead atoms. The van der Waals surface area contributed by atoms with Crippen molar-refractivity contribution < 1.29 is 14.6 Å². The summed E-state index contributed by atoms with van der Waals surface area (Å²) >= 11 is 0. The smallest absolute Gasteiger partial charge is 0.412 e. The van der Waals surface area contributed by atoms with E-state index in [1.165, 1.54) is 12.3 Å². The molecule has 0 atom stereocenters. The Morgan fingerprint density at radius 1 is 1.56 bits per heavy atom. The Bertz CT molecular complexity index is 374. The van der Waals surface area contributed by atoms with Crippen molar-refractivity contribution in [1.82, 2.24) is 10.2 Å². The molecule has 1 aromatic rings. The second-order valence-electron chi connectivity index (χ2n) is 4.22. The van der Waals surface area contributed by atoms with Gasteiger partial charge in [0.2, 0.25) is 0 Å². The summed E-state index contributed by atoms with van der Waals surface area (Å²) in [6.45, 7) is 5.10. The fraction of sp³-hybridized carbons (Fsp3) is 0.500. The molecule has 88 valence electrons. The van der Waals surface area contributed by atoms with Crippen molar-refractivity contribution in [3.63, 3.8) is 0 Å². The number of aliphatic hydroxyl groups excluding tert-OH is 1. The first-order chi connectivity index (χ1) is 7.40. The number of carbonyl (C=O) groups excluding carboxylic acids is 1. The summed E-state index contributed by atoms with van der Waals surface area (Å²) in [6, 6.07) is 1.52. The van der Waals surface area contributed by atoms with Crippen molar-refractivity contribution in [2.75, 3.05) is 5.32 Å². The van der Waals surface area contributed by atoms with Gasteiger partial charge in [0, 0.05) is 0 Å². The van der Waals surface area contributed by atoms with Gasteiger partial charge in [0.25, 0.3) is 0 Å². The number of rotatable bonds is 2. The van der Waals surface area contributed by atoms with Crippen LogP contribution in [0.2, 0.25) is 0 Å². The van der Waals surface area contributed by atoms with Gasteiger partial charge >= 0.3 is 6.09 Å². The van der Waals surface area contributed by atoms with Gasteiger partial charge in [-0.25, -0.2) is 4.79 Å². The van der Waals surface area contributed by atoms with Gasteiger partial charge in [0.05, 0.1) is 24.2 Å². The molecule has 1 rings (SSSR count). The van der Waals surface area contributed by atoms with Crippen molar-refractivity contribution in [3.8, 4) is 0 Å². The fourth-order valence-electron chi connectivity index (χ4n) is 0.978. The third kappa shape index (κ3) is 4.22. The number of ether oxygens (including phenoxy) is 1. The van der Waals surface area contributed by atoms with E-state index in [4.69, 9.17) is 9.84 Å². The summed E-state index contributed by atoms with van der Waals surface area (Å²) in [5.41, 5.74) is 0.270. The summed E-state index contributed by atoms with van der Waals surface area (Å²) in [4.78, 5) is 11.4. The van der Waals surface area contributed by atoms with Crippen LogP contribution in [0.25, 0.3) is 0 Å². The Hall–Kier alpha value is -1.69. The quantitative estimate of drug-likeness (QED) is 0.792. The molecule has 0 aliphatic carbocycles. The molecule has 2 N–H and O–H groups in total. The van der Waals surface area contributed by atoms with E-state index in [0.717, 1.165) is 0 Å². The molecule has 0 radical (unpaired) electrons. The molecule has 1 aromatic heterocycles. The molecule has 1 heterocycles. The Kier molecular flexibility index (Phi) is 3.78. The predicted octanol–water partition coefficient (Wildman–Crippen LogP) is 1.32. The molecule has 6 heteroatoms. The Labute approximate surface area is 93.6 Å². The van der Waals surface area contributed by atoms with Crippen molar-refractivity contribution in [2.45, 2.75) is 33.0 Å². The van der Waals surface area contributed by atoms with Crippen LogP contribution in [0.5, 0.6) is 0 Å². The molecule has 0 aliphatic rings. The van der Waals surface area contributed by atoms with E-state index in [1.54, 1.807) is 20.8 Å². The number of amides is 1. The zero-order chi connectivity index (χ0) is 12.2. The van der Waals surface area contributed by atoms with Crippen LogP contribution in [0.4, 0.5) is 10.5 Å². The molecule has 0 saturated heterocycles. The minimum atomic E-state index is -0.565. The molecule has 0 fully saturated rings. The summed E-state index contributed by atoms with van der Waals surface area (Å²) in [7, 11) is 0. The first-order valence-electron chi connectivity index (χ1n) is 4.83. The van der Waals surface area contributed by atoms with Crippen LogP contribution in [-0.2, 0) is 11.3 Å². The van der Waals surface area contributed by atoms with Gasteiger partial charge < -0.3 is 9.84 Å². The third-order valence-electron chi connectivity index (χ3n) is 1.51. The van der Waals surface area contributed by atoms with E-state index >= 15 is 0 Å². The highest BCUT2D eigenvalue weighted by Crippen LogP contribution is 2.11. The average Bonchev–Trinajstić information content (AvgIpc) is 2.15. The molecule has 0 aromatic carbocycles. The number of hydrogen-bond donors (Lipinski definition) is 2. The Balaban J connectivity index is 2.62. The molecule has 1 amide bonds. The van der Waals surface area contributed by atoms with E-state index in [1.807, 2.05) is 0 Å². The van der Waals surface area contributed by atoms with Gasteiger partial charge in [-0.3, -0.25) is 5.32 Å². The van der Waals surface area contributed by atoms with Crippen LogP contribution < -0.4 is 5.32 Å². The number of aliphatic hydroxyl groups is 1. The lowest BCUT2D eigenvalue weighted by atomic mass is 10.2. The van der Waals surface area contributed by atoms with Gasteiger partial charge in [-0.05, 0) is 26.8 Å². The van der Waals surface area contributed by atoms with Crippen LogP contribution in [0.3, 0.4) is 0 Å². The first kappa shape index (κ1) is 12.4. The van der Waals surface area contributed by atoms with E-state index in [9.17, 15) is 4.79 Å². The topological polar surface area (TPSA) is 84.3 Å². The summed E-state index contributed by atoms with van der Waals surface area (Å²) < 4.78 is 5.05. The SMILES string of the molecule is CC(C)(C)OC(=O)Nc1cnnc(CO)c1. The molecule has 0 spiro atoms. The average molecular weight is 225 g/mol. The van der Waals surface area contributed by atoms with Crippen LogP contribution in [0.15, 0.2) is 12.3 Å². The molecule has 6 nitrogen and oxygen atoms in total. The lowest BCUT2D eigenvalue weighted by molar-refractivity contribution is 0.0636. The van der Waals surface area contributed by atoms with E-state index < -0.39 is 11.7 Å². The number of anilines is 1. The Morgan fingerprint density at radius 2 is 2.25 bits per heavy atom.